The Balaban J connectivity index is 3.01. The number of carbonyl (C=O) groups is 2. The summed E-state index contributed by atoms with van der Waals surface area (Å²) >= 11 is 0. The van der Waals surface area contributed by atoms with Gasteiger partial charge in [-0.3, -0.25) is 4.89 Å². The molecule has 0 aliphatic rings. The molecule has 0 radical (unpaired) electrons. The Hall–Kier alpha value is -1.42. The zero-order chi connectivity index (χ0) is 9.40. The Morgan fingerprint density at radius 1 is 1.00 bits per heavy atom. The zero-order valence-corrected chi connectivity index (χ0v) is 5.84. The van der Waals surface area contributed by atoms with Gasteiger partial charge in [0.2, 0.25) is 0 Å². The number of nitrogens with two attached hydrogens (primary N) is 1. The molecule has 0 spiro atoms. The monoisotopic (exact) mass is 183 g/mol. The molecular formula is C3H5NO8. The van der Waals surface area contributed by atoms with E-state index in [1.54, 1.807) is 0 Å². The van der Waals surface area contributed by atoms with Crippen molar-refractivity contribution >= 4 is 12.1 Å². The fourth-order valence-corrected chi connectivity index (χ4v) is 0.132. The van der Waals surface area contributed by atoms with E-state index in [2.05, 4.69) is 35.7 Å². The lowest BCUT2D eigenvalue weighted by atomic mass is 10.9. The summed E-state index contributed by atoms with van der Waals surface area (Å²) in [6, 6.07) is 0. The third-order valence-corrected chi connectivity index (χ3v) is 0.351. The molecule has 0 saturated carbocycles. The van der Waals surface area contributed by atoms with Crippen molar-refractivity contribution in [1.82, 2.24) is 0 Å². The lowest BCUT2D eigenvalue weighted by molar-refractivity contribution is -0.741. The standard InChI is InChI=1S/C3H5NO8/c1-2(5)7-9-11-12-10-8-3(4)6/h1H3,(H2,4,6). The Morgan fingerprint density at radius 3 is 1.92 bits per heavy atom. The summed E-state index contributed by atoms with van der Waals surface area (Å²) in [6.07, 6.45) is -1.26. The Labute approximate surface area is 65.5 Å². The average Bonchev–Trinajstić information content (AvgIpc) is 1.95. The summed E-state index contributed by atoms with van der Waals surface area (Å²) in [5.41, 5.74) is 4.41. The molecule has 1 amide bonds. The van der Waals surface area contributed by atoms with Gasteiger partial charge in [-0.1, -0.05) is 0 Å². The molecule has 0 bridgehead atoms. The second kappa shape index (κ2) is 6.30. The quantitative estimate of drug-likeness (QED) is 0.337. The molecule has 9 heteroatoms. The van der Waals surface area contributed by atoms with E-state index in [1.807, 2.05) is 0 Å². The van der Waals surface area contributed by atoms with Gasteiger partial charge in [-0.05, 0) is 0 Å². The van der Waals surface area contributed by atoms with Gasteiger partial charge in [0.15, 0.2) is 0 Å². The first-order chi connectivity index (χ1) is 5.63. The van der Waals surface area contributed by atoms with E-state index in [-0.39, 0.29) is 0 Å². The number of amides is 1. The van der Waals surface area contributed by atoms with Crippen LogP contribution in [0.5, 0.6) is 0 Å². The molecule has 0 aromatic carbocycles. The van der Waals surface area contributed by atoms with Crippen molar-refractivity contribution in [1.29, 1.82) is 0 Å². The van der Waals surface area contributed by atoms with E-state index in [0.29, 0.717) is 0 Å². The smallest absolute Gasteiger partial charge is 0.333 e. The lowest BCUT2D eigenvalue weighted by Crippen LogP contribution is -2.14. The second-order valence-electron chi connectivity index (χ2n) is 1.25. The highest BCUT2D eigenvalue weighted by Gasteiger charge is 1.98. The van der Waals surface area contributed by atoms with Gasteiger partial charge >= 0.3 is 12.1 Å². The first-order valence-corrected chi connectivity index (χ1v) is 2.44. The summed E-state index contributed by atoms with van der Waals surface area (Å²) in [6.45, 7) is 1.05. The third kappa shape index (κ3) is 8.58. The van der Waals surface area contributed by atoms with E-state index in [4.69, 9.17) is 0 Å². The third-order valence-electron chi connectivity index (χ3n) is 0.351. The molecule has 0 rings (SSSR count). The summed E-state index contributed by atoms with van der Waals surface area (Å²) in [5, 5.41) is 14.0. The van der Waals surface area contributed by atoms with Gasteiger partial charge in [-0.15, -0.1) is 0 Å². The highest BCUT2D eigenvalue weighted by atomic mass is 17.8. The van der Waals surface area contributed by atoms with Crippen LogP contribution in [0, 0.1) is 0 Å². The van der Waals surface area contributed by atoms with Gasteiger partial charge in [-0.2, -0.15) is 0 Å². The molecule has 0 aliphatic carbocycles. The average molecular weight is 183 g/mol. The normalized spacial score (nSPS) is 9.08. The zero-order valence-electron chi connectivity index (χ0n) is 5.84. The Kier molecular flexibility index (Phi) is 5.55. The maximum Gasteiger partial charge on any atom is 0.439 e. The van der Waals surface area contributed by atoms with Crippen LogP contribution in [0.15, 0.2) is 0 Å². The highest BCUT2D eigenvalue weighted by molar-refractivity contribution is 5.65. The van der Waals surface area contributed by atoms with Crippen molar-refractivity contribution in [3.63, 3.8) is 0 Å². The summed E-state index contributed by atoms with van der Waals surface area (Å²) in [7, 11) is 0. The number of carbonyl (C=O) groups excluding carboxylic acids is 2. The van der Waals surface area contributed by atoms with Crippen molar-refractivity contribution in [3.05, 3.63) is 0 Å². The van der Waals surface area contributed by atoms with E-state index < -0.39 is 12.1 Å². The van der Waals surface area contributed by atoms with Crippen LogP contribution in [0.3, 0.4) is 0 Å². The van der Waals surface area contributed by atoms with E-state index in [1.165, 1.54) is 0 Å². The summed E-state index contributed by atoms with van der Waals surface area (Å²) < 4.78 is 0. The highest BCUT2D eigenvalue weighted by Crippen LogP contribution is 1.86. The van der Waals surface area contributed by atoms with Crippen LogP contribution >= 0.6 is 0 Å². The molecule has 0 heterocycles. The van der Waals surface area contributed by atoms with Crippen molar-refractivity contribution < 1.29 is 39.5 Å². The molecule has 0 aromatic rings. The molecule has 9 nitrogen and oxygen atoms in total. The van der Waals surface area contributed by atoms with Crippen molar-refractivity contribution in [3.8, 4) is 0 Å². The van der Waals surface area contributed by atoms with Crippen LogP contribution in [0.25, 0.3) is 0 Å². The molecule has 2 N–H and O–H groups in total. The van der Waals surface area contributed by atoms with Gasteiger partial charge in [0.1, 0.15) is 0 Å². The molecule has 12 heavy (non-hydrogen) atoms. The first kappa shape index (κ1) is 10.6. The molecule has 0 fully saturated rings. The van der Waals surface area contributed by atoms with Crippen LogP contribution in [0.2, 0.25) is 0 Å². The minimum absolute atomic E-state index is 0.783. The van der Waals surface area contributed by atoms with Gasteiger partial charge in [0.25, 0.3) is 0 Å². The van der Waals surface area contributed by atoms with Crippen LogP contribution in [-0.2, 0) is 34.7 Å². The van der Waals surface area contributed by atoms with Gasteiger partial charge in [0, 0.05) is 27.1 Å². The largest absolute Gasteiger partial charge is 0.439 e. The van der Waals surface area contributed by atoms with Gasteiger partial charge in [-0.25, -0.2) is 14.5 Å². The van der Waals surface area contributed by atoms with Crippen molar-refractivity contribution in [2.75, 3.05) is 0 Å². The summed E-state index contributed by atoms with van der Waals surface area (Å²) in [4.78, 5) is 26.9. The number of hydrogen-bond acceptors (Lipinski definition) is 8. The van der Waals surface area contributed by atoms with Crippen molar-refractivity contribution in [2.24, 2.45) is 5.73 Å². The van der Waals surface area contributed by atoms with E-state index >= 15 is 0 Å². The molecule has 0 unspecified atom stereocenters. The molecule has 0 aliphatic heterocycles. The minimum atomic E-state index is -1.26. The topological polar surface area (TPSA) is 116 Å². The van der Waals surface area contributed by atoms with Gasteiger partial charge < -0.3 is 5.73 Å². The Bertz CT molecular complexity index is 138. The number of hydrogen-bond donors (Lipinski definition) is 1. The number of rotatable bonds is 5. The fourth-order valence-electron chi connectivity index (χ4n) is 0.132. The second-order valence-corrected chi connectivity index (χ2v) is 1.25. The van der Waals surface area contributed by atoms with Gasteiger partial charge in [0.05, 0.1) is 0 Å². The van der Waals surface area contributed by atoms with Crippen LogP contribution in [0.4, 0.5) is 4.79 Å². The molecular weight excluding hydrogens is 178 g/mol. The maximum absolute atomic E-state index is 9.96. The lowest BCUT2D eigenvalue weighted by Gasteiger charge is -1.96. The SMILES string of the molecule is CC(=O)OOOOOOC(N)=O. The molecule has 0 aromatic heterocycles. The van der Waals surface area contributed by atoms with Crippen LogP contribution in [-0.4, -0.2) is 12.1 Å². The fraction of sp³-hybridized carbons (Fsp3) is 0.333. The first-order valence-electron chi connectivity index (χ1n) is 2.44. The van der Waals surface area contributed by atoms with E-state index in [0.717, 1.165) is 6.92 Å². The minimum Gasteiger partial charge on any atom is -0.333 e. The van der Waals surface area contributed by atoms with E-state index in [9.17, 15) is 9.59 Å². The predicted molar refractivity (Wildman–Crippen MR) is 26.8 cm³/mol. The van der Waals surface area contributed by atoms with Crippen molar-refractivity contribution in [2.45, 2.75) is 6.92 Å². The summed E-state index contributed by atoms with van der Waals surface area (Å²) in [5.74, 6) is -0.783. The molecule has 0 saturated heterocycles. The van der Waals surface area contributed by atoms with Crippen LogP contribution < -0.4 is 5.73 Å². The molecule has 70 valence electrons. The number of primary amides is 1. The van der Waals surface area contributed by atoms with Crippen LogP contribution in [0.1, 0.15) is 6.92 Å². The maximum atomic E-state index is 9.96. The Morgan fingerprint density at radius 2 is 1.50 bits per heavy atom. The predicted octanol–water partition coefficient (Wildman–Crippen LogP) is -0.714. The molecule has 0 atom stereocenters.